The fraction of sp³-hybridized carbons (Fsp3) is 0.667. The van der Waals surface area contributed by atoms with Crippen LogP contribution in [0, 0.1) is 0 Å². The molecule has 1 aromatic rings. The highest BCUT2D eigenvalue weighted by molar-refractivity contribution is 7.17. The third-order valence-corrected chi connectivity index (χ3v) is 4.25. The van der Waals surface area contributed by atoms with E-state index in [0.29, 0.717) is 10.6 Å². The average molecular weight is 270 g/mol. The molecule has 1 saturated heterocycles. The van der Waals surface area contributed by atoms with Gasteiger partial charge in [-0.05, 0) is 12.3 Å². The van der Waals surface area contributed by atoms with Gasteiger partial charge < -0.3 is 14.7 Å². The Labute approximate surface area is 110 Å². The molecule has 2 heterocycles. The molecule has 1 unspecified atom stereocenters. The zero-order valence-electron chi connectivity index (χ0n) is 10.8. The number of methoxy groups -OCH3 is 1. The monoisotopic (exact) mass is 270 g/mol. The van der Waals surface area contributed by atoms with Crippen molar-refractivity contribution in [1.29, 1.82) is 0 Å². The molecule has 5 nitrogen and oxygen atoms in total. The lowest BCUT2D eigenvalue weighted by Gasteiger charge is -2.14. The van der Waals surface area contributed by atoms with E-state index in [0.717, 1.165) is 24.6 Å². The molecule has 1 N–H and O–H groups in total. The number of carbonyl (C=O) groups is 1. The Morgan fingerprint density at radius 2 is 2.33 bits per heavy atom. The maximum Gasteiger partial charge on any atom is 0.347 e. The minimum Gasteiger partial charge on any atom is -0.477 e. The van der Waals surface area contributed by atoms with Crippen LogP contribution in [0.2, 0.25) is 0 Å². The van der Waals surface area contributed by atoms with E-state index < -0.39 is 5.97 Å². The van der Waals surface area contributed by atoms with Crippen molar-refractivity contribution >= 4 is 22.4 Å². The molecular formula is C12H18N2O3S. The maximum absolute atomic E-state index is 11.2. The smallest absolute Gasteiger partial charge is 0.347 e. The average Bonchev–Trinajstić information content (AvgIpc) is 2.95. The van der Waals surface area contributed by atoms with Crippen molar-refractivity contribution in [3.63, 3.8) is 0 Å². The summed E-state index contributed by atoms with van der Waals surface area (Å²) in [4.78, 5) is 18.2. The summed E-state index contributed by atoms with van der Waals surface area (Å²) in [5.74, 6) is -0.758. The first-order valence-corrected chi connectivity index (χ1v) is 6.86. The lowest BCUT2D eigenvalue weighted by atomic mass is 10.1. The lowest BCUT2D eigenvalue weighted by molar-refractivity contribution is 0.0700. The van der Waals surface area contributed by atoms with Crippen LogP contribution in [-0.4, -0.2) is 42.4 Å². The normalized spacial score (nSPS) is 19.8. The quantitative estimate of drug-likeness (QED) is 0.908. The summed E-state index contributed by atoms with van der Waals surface area (Å²) in [6.45, 7) is 5.60. The van der Waals surface area contributed by atoms with Gasteiger partial charge in [-0.15, -0.1) is 0 Å². The topological polar surface area (TPSA) is 62.7 Å². The Morgan fingerprint density at radius 3 is 2.78 bits per heavy atom. The summed E-state index contributed by atoms with van der Waals surface area (Å²) in [6.07, 6.45) is 1.19. The Morgan fingerprint density at radius 1 is 1.61 bits per heavy atom. The number of aromatic nitrogens is 1. The van der Waals surface area contributed by atoms with Crippen molar-refractivity contribution in [1.82, 2.24) is 4.98 Å². The van der Waals surface area contributed by atoms with Gasteiger partial charge in [0.2, 0.25) is 0 Å². The van der Waals surface area contributed by atoms with E-state index in [1.807, 2.05) is 13.8 Å². The van der Waals surface area contributed by atoms with Crippen LogP contribution in [0.3, 0.4) is 0 Å². The van der Waals surface area contributed by atoms with Crippen molar-refractivity contribution in [2.75, 3.05) is 25.1 Å². The standard InChI is InChI=1S/C12H18N2O3S/c1-7(2)9-10(11(15)16)18-12(13-9)14-5-4-8(6-14)17-3/h7-8H,4-6H2,1-3H3,(H,15,16). The first-order valence-electron chi connectivity index (χ1n) is 6.04. The van der Waals surface area contributed by atoms with E-state index in [1.54, 1.807) is 7.11 Å². The zero-order chi connectivity index (χ0) is 13.3. The molecule has 6 heteroatoms. The van der Waals surface area contributed by atoms with E-state index in [9.17, 15) is 9.90 Å². The Kier molecular flexibility index (Phi) is 3.87. The number of thiazole rings is 1. The van der Waals surface area contributed by atoms with Crippen molar-refractivity contribution in [2.24, 2.45) is 0 Å². The predicted molar refractivity (Wildman–Crippen MR) is 70.8 cm³/mol. The highest BCUT2D eigenvalue weighted by Crippen LogP contribution is 2.32. The minimum atomic E-state index is -0.884. The van der Waals surface area contributed by atoms with E-state index in [1.165, 1.54) is 11.3 Å². The van der Waals surface area contributed by atoms with Crippen LogP contribution < -0.4 is 4.90 Å². The van der Waals surface area contributed by atoms with E-state index >= 15 is 0 Å². The van der Waals surface area contributed by atoms with Gasteiger partial charge >= 0.3 is 5.97 Å². The van der Waals surface area contributed by atoms with Gasteiger partial charge in [-0.2, -0.15) is 0 Å². The van der Waals surface area contributed by atoms with Crippen LogP contribution in [0.5, 0.6) is 0 Å². The molecule has 1 aromatic heterocycles. The summed E-state index contributed by atoms with van der Waals surface area (Å²) in [6, 6.07) is 0. The number of rotatable bonds is 4. The van der Waals surface area contributed by atoms with Gasteiger partial charge in [-0.1, -0.05) is 25.2 Å². The fourth-order valence-electron chi connectivity index (χ4n) is 2.09. The van der Waals surface area contributed by atoms with Crippen LogP contribution in [-0.2, 0) is 4.74 Å². The second-order valence-electron chi connectivity index (χ2n) is 4.76. The van der Waals surface area contributed by atoms with Crippen molar-refractivity contribution in [3.05, 3.63) is 10.6 Å². The number of hydrogen-bond donors (Lipinski definition) is 1. The number of nitrogens with zero attached hydrogens (tertiary/aromatic N) is 2. The molecule has 0 amide bonds. The molecule has 0 aliphatic carbocycles. The molecule has 1 fully saturated rings. The first-order chi connectivity index (χ1) is 8.52. The van der Waals surface area contributed by atoms with E-state index in [4.69, 9.17) is 4.74 Å². The largest absolute Gasteiger partial charge is 0.477 e. The molecule has 0 bridgehead atoms. The van der Waals surface area contributed by atoms with Gasteiger partial charge in [0, 0.05) is 20.2 Å². The molecule has 2 rings (SSSR count). The number of ether oxygens (including phenoxy) is 1. The van der Waals surface area contributed by atoms with Gasteiger partial charge in [0.25, 0.3) is 0 Å². The Bertz CT molecular complexity index is 445. The Hall–Kier alpha value is -1.14. The van der Waals surface area contributed by atoms with Crippen molar-refractivity contribution in [2.45, 2.75) is 32.3 Å². The van der Waals surface area contributed by atoms with Crippen molar-refractivity contribution < 1.29 is 14.6 Å². The highest BCUT2D eigenvalue weighted by Gasteiger charge is 2.27. The summed E-state index contributed by atoms with van der Waals surface area (Å²) in [5.41, 5.74) is 0.684. The third-order valence-electron chi connectivity index (χ3n) is 3.13. The highest BCUT2D eigenvalue weighted by atomic mass is 32.1. The molecule has 0 radical (unpaired) electrons. The SMILES string of the molecule is COC1CCN(c2nc(C(C)C)c(C(=O)O)s2)C1. The van der Waals surface area contributed by atoms with Gasteiger partial charge in [0.15, 0.2) is 5.13 Å². The molecule has 0 spiro atoms. The second kappa shape index (κ2) is 5.24. The van der Waals surface area contributed by atoms with Gasteiger partial charge in [-0.25, -0.2) is 9.78 Å². The molecule has 100 valence electrons. The van der Waals surface area contributed by atoms with Gasteiger partial charge in [0.1, 0.15) is 4.88 Å². The van der Waals surface area contributed by atoms with Crippen molar-refractivity contribution in [3.8, 4) is 0 Å². The van der Waals surface area contributed by atoms with Crippen LogP contribution >= 0.6 is 11.3 Å². The number of hydrogen-bond acceptors (Lipinski definition) is 5. The first kappa shape index (κ1) is 13.3. The van der Waals surface area contributed by atoms with Gasteiger partial charge in [0.05, 0.1) is 11.8 Å². The van der Waals surface area contributed by atoms with Crippen LogP contribution in [0.25, 0.3) is 0 Å². The molecule has 1 aliphatic heterocycles. The summed E-state index contributed by atoms with van der Waals surface area (Å²) in [5, 5.41) is 10.00. The third kappa shape index (κ3) is 2.49. The predicted octanol–water partition coefficient (Wildman–Crippen LogP) is 2.19. The van der Waals surface area contributed by atoms with Crippen LogP contribution in [0.15, 0.2) is 0 Å². The molecule has 0 aromatic carbocycles. The lowest BCUT2D eigenvalue weighted by Crippen LogP contribution is -2.21. The maximum atomic E-state index is 11.2. The number of carboxylic acid groups (broad SMARTS) is 1. The van der Waals surface area contributed by atoms with Crippen LogP contribution in [0.1, 0.15) is 41.6 Å². The molecule has 1 atom stereocenters. The summed E-state index contributed by atoms with van der Waals surface area (Å²) < 4.78 is 5.31. The number of carboxylic acids is 1. The number of anilines is 1. The summed E-state index contributed by atoms with van der Waals surface area (Å²) >= 11 is 1.27. The van der Waals surface area contributed by atoms with Gasteiger partial charge in [-0.3, -0.25) is 0 Å². The molecule has 0 saturated carbocycles. The fourth-order valence-corrected chi connectivity index (χ4v) is 3.19. The van der Waals surface area contributed by atoms with E-state index in [2.05, 4.69) is 9.88 Å². The zero-order valence-corrected chi connectivity index (χ0v) is 11.7. The number of aromatic carboxylic acids is 1. The Balaban J connectivity index is 2.24. The molecule has 18 heavy (non-hydrogen) atoms. The second-order valence-corrected chi connectivity index (χ2v) is 5.74. The minimum absolute atomic E-state index is 0.127. The summed E-state index contributed by atoms with van der Waals surface area (Å²) in [7, 11) is 1.71. The molecule has 1 aliphatic rings. The molecular weight excluding hydrogens is 252 g/mol. The van der Waals surface area contributed by atoms with Crippen LogP contribution in [0.4, 0.5) is 5.13 Å². The van der Waals surface area contributed by atoms with E-state index in [-0.39, 0.29) is 12.0 Å².